The highest BCUT2D eigenvalue weighted by molar-refractivity contribution is 5.97. The lowest BCUT2D eigenvalue weighted by atomic mass is 10.2. The van der Waals surface area contributed by atoms with E-state index >= 15 is 0 Å². The second kappa shape index (κ2) is 12.1. The molecule has 0 bridgehead atoms. The molecule has 3 rings (SSSR count). The first-order valence-electron chi connectivity index (χ1n) is 9.76. The molecular weight excluding hydrogens is 412 g/mol. The third-order valence-electron chi connectivity index (χ3n) is 4.61. The van der Waals surface area contributed by atoms with Crippen LogP contribution in [0.3, 0.4) is 0 Å². The van der Waals surface area contributed by atoms with Crippen LogP contribution in [0.2, 0.25) is 0 Å². The number of aliphatic hydroxyl groups excluding tert-OH is 3. The zero-order chi connectivity index (χ0) is 22.8. The number of hydrogen-bond acceptors (Lipinski definition) is 10. The average molecular weight is 440 g/mol. The Labute approximate surface area is 179 Å². The second-order valence-electron chi connectivity index (χ2n) is 6.72. The van der Waals surface area contributed by atoms with Crippen LogP contribution in [0.15, 0.2) is 29.3 Å². The standard InChI is InChI=1S/C15H22N4O2.C4H6O6/c20-10-7-19-6-5-16-15(19)17-13-3-1-2-4-14(13)18-8-11-21-12-9-18;5-1(3(7)8)2(6)4(9)10/h1-4,20H,5-12H2,(H,16,17);1-2,5-6H,(H,7,8)(H,9,10). The number of β-amino-alcohol motifs (C(OH)–C–C–N with tert-alkyl or cyclic N) is 1. The molecule has 2 unspecified atom stereocenters. The van der Waals surface area contributed by atoms with E-state index in [4.69, 9.17) is 30.3 Å². The number of nitrogens with zero attached hydrogens (tertiary/aromatic N) is 3. The Hall–Kier alpha value is -2.93. The fourth-order valence-corrected chi connectivity index (χ4v) is 2.99. The van der Waals surface area contributed by atoms with Crippen molar-refractivity contribution in [1.29, 1.82) is 0 Å². The van der Waals surface area contributed by atoms with Gasteiger partial charge in [0.2, 0.25) is 0 Å². The molecule has 2 aliphatic heterocycles. The number of guanidine groups is 1. The molecule has 0 aliphatic carbocycles. The summed E-state index contributed by atoms with van der Waals surface area (Å²) >= 11 is 0. The summed E-state index contributed by atoms with van der Waals surface area (Å²) in [4.78, 5) is 28.4. The molecule has 0 radical (unpaired) electrons. The summed E-state index contributed by atoms with van der Waals surface area (Å²) in [5.74, 6) is -2.69. The van der Waals surface area contributed by atoms with Crippen LogP contribution in [0.25, 0.3) is 0 Å². The Bertz CT molecular complexity index is 751. The van der Waals surface area contributed by atoms with Gasteiger partial charge in [-0.15, -0.1) is 0 Å². The molecule has 0 spiro atoms. The smallest absolute Gasteiger partial charge is 0.335 e. The summed E-state index contributed by atoms with van der Waals surface area (Å²) in [6.07, 6.45) is -4.53. The van der Waals surface area contributed by atoms with E-state index in [0.717, 1.165) is 51.0 Å². The molecule has 1 saturated heterocycles. The van der Waals surface area contributed by atoms with Crippen molar-refractivity contribution in [2.24, 2.45) is 4.99 Å². The molecule has 1 aromatic carbocycles. The molecule has 2 atom stereocenters. The number of ether oxygens (including phenoxy) is 1. The van der Waals surface area contributed by atoms with Crippen molar-refractivity contribution in [1.82, 2.24) is 4.90 Å². The molecule has 1 fully saturated rings. The van der Waals surface area contributed by atoms with E-state index in [0.29, 0.717) is 6.54 Å². The molecule has 0 aromatic heterocycles. The number of nitrogens with one attached hydrogen (secondary N) is 1. The van der Waals surface area contributed by atoms with Crippen LogP contribution in [0.1, 0.15) is 0 Å². The van der Waals surface area contributed by atoms with Gasteiger partial charge in [-0.2, -0.15) is 0 Å². The molecule has 12 nitrogen and oxygen atoms in total. The molecule has 172 valence electrons. The summed E-state index contributed by atoms with van der Waals surface area (Å²) in [7, 11) is 0. The lowest BCUT2D eigenvalue weighted by Gasteiger charge is -2.31. The summed E-state index contributed by atoms with van der Waals surface area (Å²) in [6, 6.07) is 8.28. The van der Waals surface area contributed by atoms with Gasteiger partial charge in [-0.3, -0.25) is 4.99 Å². The van der Waals surface area contributed by atoms with E-state index in [2.05, 4.69) is 38.3 Å². The summed E-state index contributed by atoms with van der Waals surface area (Å²) in [6.45, 7) is 5.76. The molecular formula is C19H28N4O8. The predicted octanol–water partition coefficient (Wildman–Crippen LogP) is -1.52. The first-order chi connectivity index (χ1) is 14.8. The van der Waals surface area contributed by atoms with Crippen LogP contribution >= 0.6 is 0 Å². The van der Waals surface area contributed by atoms with E-state index in [1.54, 1.807) is 0 Å². The maximum absolute atomic E-state index is 9.77. The minimum Gasteiger partial charge on any atom is -0.479 e. The highest BCUT2D eigenvalue weighted by Gasteiger charge is 2.29. The van der Waals surface area contributed by atoms with Crippen LogP contribution in [-0.2, 0) is 14.3 Å². The number of carboxylic acids is 2. The van der Waals surface area contributed by atoms with Gasteiger partial charge in [0.25, 0.3) is 0 Å². The quantitative estimate of drug-likeness (QED) is 0.290. The van der Waals surface area contributed by atoms with Gasteiger partial charge in [-0.05, 0) is 12.1 Å². The van der Waals surface area contributed by atoms with Gasteiger partial charge < -0.3 is 45.4 Å². The molecule has 6 N–H and O–H groups in total. The maximum atomic E-state index is 9.77. The molecule has 2 aliphatic rings. The lowest BCUT2D eigenvalue weighted by Crippen LogP contribution is -2.39. The van der Waals surface area contributed by atoms with Gasteiger partial charge in [-0.25, -0.2) is 9.59 Å². The first kappa shape index (κ1) is 24.3. The molecule has 0 amide bonds. The number of aliphatic imine (C=N–C) groups is 1. The summed E-state index contributed by atoms with van der Waals surface area (Å²) in [5, 5.41) is 45.1. The van der Waals surface area contributed by atoms with E-state index in [1.165, 1.54) is 5.69 Å². The Balaban J connectivity index is 0.000000291. The topological polar surface area (TPSA) is 175 Å². The van der Waals surface area contributed by atoms with Gasteiger partial charge in [-0.1, -0.05) is 12.1 Å². The van der Waals surface area contributed by atoms with Crippen molar-refractivity contribution >= 4 is 29.3 Å². The third-order valence-corrected chi connectivity index (χ3v) is 4.61. The zero-order valence-electron chi connectivity index (χ0n) is 16.9. The molecule has 0 saturated carbocycles. The van der Waals surface area contributed by atoms with Crippen molar-refractivity contribution in [3.63, 3.8) is 0 Å². The van der Waals surface area contributed by atoms with Gasteiger partial charge in [0.15, 0.2) is 18.2 Å². The Morgan fingerprint density at radius 2 is 1.68 bits per heavy atom. The Morgan fingerprint density at radius 3 is 2.26 bits per heavy atom. The van der Waals surface area contributed by atoms with E-state index in [9.17, 15) is 9.59 Å². The minimum atomic E-state index is -2.27. The van der Waals surface area contributed by atoms with Gasteiger partial charge in [0.1, 0.15) is 0 Å². The van der Waals surface area contributed by atoms with E-state index in [1.807, 2.05) is 6.07 Å². The fraction of sp³-hybridized carbons (Fsp3) is 0.526. The second-order valence-corrected chi connectivity index (χ2v) is 6.72. The Morgan fingerprint density at radius 1 is 1.06 bits per heavy atom. The van der Waals surface area contributed by atoms with Crippen LogP contribution < -0.4 is 10.2 Å². The van der Waals surface area contributed by atoms with E-state index < -0.39 is 24.1 Å². The monoisotopic (exact) mass is 440 g/mol. The number of benzene rings is 1. The number of carbonyl (C=O) groups is 2. The number of aliphatic hydroxyl groups is 3. The van der Waals surface area contributed by atoms with Gasteiger partial charge >= 0.3 is 11.9 Å². The number of carboxylic acid groups (broad SMARTS) is 2. The normalized spacial score (nSPS) is 17.8. The van der Waals surface area contributed by atoms with Crippen molar-refractivity contribution in [3.05, 3.63) is 24.3 Å². The SMILES string of the molecule is O=C(O)C(O)C(O)C(=O)O.OCCN1CCN=C1Nc1ccccc1N1CCOCC1. The van der Waals surface area contributed by atoms with Crippen molar-refractivity contribution < 1.29 is 39.9 Å². The average Bonchev–Trinajstić information content (AvgIpc) is 3.21. The molecule has 31 heavy (non-hydrogen) atoms. The van der Waals surface area contributed by atoms with Gasteiger partial charge in [0.05, 0.1) is 37.7 Å². The minimum absolute atomic E-state index is 0.145. The number of hydrogen-bond donors (Lipinski definition) is 6. The van der Waals surface area contributed by atoms with Crippen LogP contribution in [-0.4, -0.2) is 113 Å². The molecule has 12 heteroatoms. The highest BCUT2D eigenvalue weighted by atomic mass is 16.5. The number of morpholine rings is 1. The number of aliphatic carboxylic acids is 2. The molecule has 1 aromatic rings. The van der Waals surface area contributed by atoms with Crippen molar-refractivity contribution in [2.75, 3.05) is 62.8 Å². The third kappa shape index (κ3) is 7.07. The van der Waals surface area contributed by atoms with Crippen LogP contribution in [0, 0.1) is 0 Å². The number of rotatable bonds is 7. The first-order valence-corrected chi connectivity index (χ1v) is 9.76. The predicted molar refractivity (Wildman–Crippen MR) is 111 cm³/mol. The number of anilines is 2. The van der Waals surface area contributed by atoms with Gasteiger partial charge in [0, 0.05) is 26.2 Å². The number of para-hydroxylation sites is 2. The largest absolute Gasteiger partial charge is 0.479 e. The highest BCUT2D eigenvalue weighted by Crippen LogP contribution is 2.27. The van der Waals surface area contributed by atoms with Crippen LogP contribution in [0.5, 0.6) is 0 Å². The molecule has 2 heterocycles. The summed E-state index contributed by atoms with van der Waals surface area (Å²) < 4.78 is 5.42. The summed E-state index contributed by atoms with van der Waals surface area (Å²) in [5.41, 5.74) is 2.24. The van der Waals surface area contributed by atoms with Crippen LogP contribution in [0.4, 0.5) is 11.4 Å². The zero-order valence-corrected chi connectivity index (χ0v) is 16.9. The van der Waals surface area contributed by atoms with Crippen molar-refractivity contribution in [2.45, 2.75) is 12.2 Å². The van der Waals surface area contributed by atoms with Crippen molar-refractivity contribution in [3.8, 4) is 0 Å². The van der Waals surface area contributed by atoms with E-state index in [-0.39, 0.29) is 6.61 Å². The fourth-order valence-electron chi connectivity index (χ4n) is 2.99. The lowest BCUT2D eigenvalue weighted by molar-refractivity contribution is -0.165. The Kier molecular flexibility index (Phi) is 9.46. The maximum Gasteiger partial charge on any atom is 0.335 e.